The minimum absolute atomic E-state index is 0.0562. The summed E-state index contributed by atoms with van der Waals surface area (Å²) >= 11 is 0. The van der Waals surface area contributed by atoms with E-state index in [1.54, 1.807) is 36.4 Å². The Kier molecular flexibility index (Phi) is 4.51. The number of hydrogen-bond donors (Lipinski definition) is 1. The molecule has 5 rings (SSSR count). The van der Waals surface area contributed by atoms with Crippen LogP contribution in [0.2, 0.25) is 0 Å². The van der Waals surface area contributed by atoms with Crippen molar-refractivity contribution in [1.29, 1.82) is 5.26 Å². The van der Waals surface area contributed by atoms with Crippen molar-refractivity contribution in [3.8, 4) is 6.07 Å². The lowest BCUT2D eigenvalue weighted by Gasteiger charge is -2.30. The molecule has 5 heteroatoms. The van der Waals surface area contributed by atoms with E-state index in [9.17, 15) is 9.18 Å². The lowest BCUT2D eigenvalue weighted by molar-refractivity contribution is -0.118. The highest BCUT2D eigenvalue weighted by Crippen LogP contribution is 2.63. The number of hydrogen-bond acceptors (Lipinski definition) is 3. The summed E-state index contributed by atoms with van der Waals surface area (Å²) in [4.78, 5) is 17.1. The number of rotatable bonds is 3. The molecule has 0 radical (unpaired) electrons. The number of fused-ring (bicyclic) bond motifs is 1. The number of nitriles is 1. The number of nitrogens with zero attached hydrogens (tertiary/aromatic N) is 2. The number of benzene rings is 2. The van der Waals surface area contributed by atoms with Crippen molar-refractivity contribution in [1.82, 2.24) is 4.98 Å². The largest absolute Gasteiger partial charge is 0.326 e. The predicted molar refractivity (Wildman–Crippen MR) is 113 cm³/mol. The summed E-state index contributed by atoms with van der Waals surface area (Å²) < 4.78 is 13.8. The van der Waals surface area contributed by atoms with Crippen LogP contribution in [-0.4, -0.2) is 10.9 Å². The monoisotopic (exact) mass is 399 g/mol. The summed E-state index contributed by atoms with van der Waals surface area (Å²) in [5.74, 6) is 0.284. The van der Waals surface area contributed by atoms with Gasteiger partial charge in [-0.3, -0.25) is 9.78 Å². The van der Waals surface area contributed by atoms with E-state index < -0.39 is 0 Å². The molecule has 1 N–H and O–H groups in total. The molecule has 1 aromatic heterocycles. The third-order valence-electron chi connectivity index (χ3n) is 6.95. The van der Waals surface area contributed by atoms with Gasteiger partial charge in [-0.2, -0.15) is 5.26 Å². The number of anilines is 1. The molecule has 150 valence electrons. The molecule has 0 saturated heterocycles. The summed E-state index contributed by atoms with van der Waals surface area (Å²) in [5, 5.41) is 12.8. The van der Waals surface area contributed by atoms with Crippen LogP contribution in [0.15, 0.2) is 54.7 Å². The Morgan fingerprint density at radius 1 is 1.13 bits per heavy atom. The molecule has 1 spiro atoms. The number of carbonyl (C=O) groups is 1. The third kappa shape index (κ3) is 3.33. The van der Waals surface area contributed by atoms with Crippen LogP contribution in [0.1, 0.15) is 49.1 Å². The van der Waals surface area contributed by atoms with E-state index in [0.717, 1.165) is 48.7 Å². The molecule has 0 bridgehead atoms. The van der Waals surface area contributed by atoms with Gasteiger partial charge < -0.3 is 5.32 Å². The molecule has 2 aliphatic carbocycles. The molecule has 1 amide bonds. The molecule has 1 atom stereocenters. The zero-order chi connectivity index (χ0) is 20.7. The summed E-state index contributed by atoms with van der Waals surface area (Å²) in [6.45, 7) is 0. The second-order valence-corrected chi connectivity index (χ2v) is 8.63. The quantitative estimate of drug-likeness (QED) is 0.628. The van der Waals surface area contributed by atoms with E-state index in [0.29, 0.717) is 11.5 Å². The van der Waals surface area contributed by atoms with Crippen LogP contribution >= 0.6 is 0 Å². The lowest BCUT2D eigenvalue weighted by atomic mass is 9.75. The number of aromatic nitrogens is 1. The molecule has 2 fully saturated rings. The molecular formula is C25H22FN3O. The molecule has 2 aromatic carbocycles. The van der Waals surface area contributed by atoms with E-state index >= 15 is 0 Å². The van der Waals surface area contributed by atoms with Crippen LogP contribution in [-0.2, 0) is 4.79 Å². The Bertz CT molecular complexity index is 1160. The van der Waals surface area contributed by atoms with Crippen LogP contribution in [0, 0.1) is 28.5 Å². The molecule has 1 heterocycles. The van der Waals surface area contributed by atoms with Crippen molar-refractivity contribution in [3.63, 3.8) is 0 Å². The molecule has 1 unspecified atom stereocenters. The molecular weight excluding hydrogens is 377 g/mol. The Morgan fingerprint density at radius 3 is 2.63 bits per heavy atom. The topological polar surface area (TPSA) is 65.8 Å². The van der Waals surface area contributed by atoms with E-state index in [-0.39, 0.29) is 23.1 Å². The molecule has 2 saturated carbocycles. The Hall–Kier alpha value is -3.26. The molecule has 3 aromatic rings. The highest BCUT2D eigenvalue weighted by atomic mass is 19.1. The van der Waals surface area contributed by atoms with Crippen molar-refractivity contribution in [3.05, 3.63) is 71.7 Å². The van der Waals surface area contributed by atoms with E-state index in [2.05, 4.69) is 16.4 Å². The van der Waals surface area contributed by atoms with Crippen LogP contribution < -0.4 is 5.32 Å². The summed E-state index contributed by atoms with van der Waals surface area (Å²) in [7, 11) is 0. The summed E-state index contributed by atoms with van der Waals surface area (Å²) in [5.41, 5.74) is 3.44. The lowest BCUT2D eigenvalue weighted by Crippen LogP contribution is -2.22. The van der Waals surface area contributed by atoms with Gasteiger partial charge in [-0.25, -0.2) is 4.39 Å². The van der Waals surface area contributed by atoms with Crippen molar-refractivity contribution >= 4 is 22.5 Å². The first-order chi connectivity index (χ1) is 14.6. The second kappa shape index (κ2) is 7.21. The van der Waals surface area contributed by atoms with E-state index in [1.807, 2.05) is 12.3 Å². The number of amides is 1. The van der Waals surface area contributed by atoms with Crippen LogP contribution in [0.25, 0.3) is 10.9 Å². The second-order valence-electron chi connectivity index (χ2n) is 8.63. The van der Waals surface area contributed by atoms with E-state index in [4.69, 9.17) is 5.26 Å². The predicted octanol–water partition coefficient (Wildman–Crippen LogP) is 5.55. The fraction of sp³-hybridized carbons (Fsp3) is 0.320. The minimum Gasteiger partial charge on any atom is -0.326 e. The van der Waals surface area contributed by atoms with Crippen LogP contribution in [0.5, 0.6) is 0 Å². The van der Waals surface area contributed by atoms with E-state index in [1.165, 1.54) is 11.6 Å². The SMILES string of the molecule is N#Cc1ccc(NC(=O)C2CC23CCC(c2ccnc4ccc(F)cc24)CC3)cc1. The molecule has 4 nitrogen and oxygen atoms in total. The zero-order valence-electron chi connectivity index (χ0n) is 16.6. The number of halogens is 1. The Morgan fingerprint density at radius 2 is 1.90 bits per heavy atom. The van der Waals surface area contributed by atoms with Gasteiger partial charge in [-0.05, 0) is 97.5 Å². The molecule has 0 aliphatic heterocycles. The van der Waals surface area contributed by atoms with Crippen molar-refractivity contribution in [2.45, 2.75) is 38.0 Å². The van der Waals surface area contributed by atoms with Gasteiger partial charge in [-0.1, -0.05) is 0 Å². The number of carbonyl (C=O) groups excluding carboxylic acids is 1. The molecule has 2 aliphatic rings. The van der Waals surface area contributed by atoms with Gasteiger partial charge in [-0.15, -0.1) is 0 Å². The van der Waals surface area contributed by atoms with Gasteiger partial charge in [0.1, 0.15) is 5.82 Å². The first-order valence-corrected chi connectivity index (χ1v) is 10.4. The normalized spacial score (nSPS) is 25.1. The Labute approximate surface area is 174 Å². The van der Waals surface area contributed by atoms with Crippen LogP contribution in [0.4, 0.5) is 10.1 Å². The maximum absolute atomic E-state index is 13.8. The van der Waals surface area contributed by atoms with Gasteiger partial charge in [0.15, 0.2) is 0 Å². The van der Waals surface area contributed by atoms with Gasteiger partial charge in [0.05, 0.1) is 17.1 Å². The van der Waals surface area contributed by atoms with Gasteiger partial charge in [0.25, 0.3) is 0 Å². The number of pyridine rings is 1. The summed E-state index contributed by atoms with van der Waals surface area (Å²) in [6, 6.07) is 15.9. The fourth-order valence-electron chi connectivity index (χ4n) is 5.13. The minimum atomic E-state index is -0.231. The Balaban J connectivity index is 1.25. The standard InChI is InChI=1S/C25H22FN3O/c26-18-3-6-23-21(13-18)20(9-12-28-23)17-7-10-25(11-8-17)14-22(25)24(30)29-19-4-1-16(15-27)2-5-19/h1-6,9,12-13,17,22H,7-8,10-11,14H2,(H,29,30). The van der Waals surface area contributed by atoms with Crippen molar-refractivity contribution in [2.24, 2.45) is 11.3 Å². The third-order valence-corrected chi connectivity index (χ3v) is 6.95. The summed E-state index contributed by atoms with van der Waals surface area (Å²) in [6.07, 6.45) is 6.80. The maximum Gasteiger partial charge on any atom is 0.228 e. The van der Waals surface area contributed by atoms with Gasteiger partial charge in [0, 0.05) is 23.2 Å². The first-order valence-electron chi connectivity index (χ1n) is 10.4. The van der Waals surface area contributed by atoms with Crippen molar-refractivity contribution in [2.75, 3.05) is 5.32 Å². The smallest absolute Gasteiger partial charge is 0.228 e. The average molecular weight is 399 g/mol. The van der Waals surface area contributed by atoms with Gasteiger partial charge >= 0.3 is 0 Å². The highest BCUT2D eigenvalue weighted by molar-refractivity contribution is 5.95. The first kappa shape index (κ1) is 18.7. The number of nitrogens with one attached hydrogen (secondary N) is 1. The maximum atomic E-state index is 13.8. The van der Waals surface area contributed by atoms with Crippen LogP contribution in [0.3, 0.4) is 0 Å². The fourth-order valence-corrected chi connectivity index (χ4v) is 5.13. The molecule has 30 heavy (non-hydrogen) atoms. The zero-order valence-corrected chi connectivity index (χ0v) is 16.6. The van der Waals surface area contributed by atoms with Gasteiger partial charge in [0.2, 0.25) is 5.91 Å². The highest BCUT2D eigenvalue weighted by Gasteiger charge is 2.58. The van der Waals surface area contributed by atoms with Crippen molar-refractivity contribution < 1.29 is 9.18 Å². The average Bonchev–Trinajstić information content (AvgIpc) is 3.48.